The predicted molar refractivity (Wildman–Crippen MR) is 126 cm³/mol. The van der Waals surface area contributed by atoms with Gasteiger partial charge in [-0.2, -0.15) is 26.3 Å². The Kier molecular flexibility index (Phi) is 7.98. The first kappa shape index (κ1) is 27.2. The Morgan fingerprint density at radius 3 is 1.40 bits per heavy atom. The lowest BCUT2D eigenvalue weighted by Crippen LogP contribution is -2.65. The number of halogens is 6. The van der Waals surface area contributed by atoms with Crippen LogP contribution in [0.25, 0.3) is 0 Å². The van der Waals surface area contributed by atoms with E-state index in [2.05, 4.69) is 0 Å². The van der Waals surface area contributed by atoms with Crippen molar-refractivity contribution in [2.75, 3.05) is 6.61 Å². The SMILES string of the molecule is C[Si](C)(C)OC(COc1ccc([S+](c2ccccc2)c2ccccc2)cc1)(C(F)(F)F)C(F)(F)F. The maximum absolute atomic E-state index is 13.7. The van der Waals surface area contributed by atoms with Crippen molar-refractivity contribution in [3.63, 3.8) is 0 Å². The van der Waals surface area contributed by atoms with Crippen LogP contribution < -0.4 is 4.74 Å². The van der Waals surface area contributed by atoms with Gasteiger partial charge >= 0.3 is 12.4 Å². The van der Waals surface area contributed by atoms with Crippen LogP contribution in [-0.2, 0) is 15.3 Å². The first-order valence-corrected chi connectivity index (χ1v) is 15.3. The first-order chi connectivity index (χ1) is 16.2. The zero-order chi connectivity index (χ0) is 25.9. The van der Waals surface area contributed by atoms with Crippen molar-refractivity contribution in [3.8, 4) is 5.75 Å². The minimum atomic E-state index is -5.71. The smallest absolute Gasteiger partial charge is 0.428 e. The fourth-order valence-electron chi connectivity index (χ4n) is 3.37. The predicted octanol–water partition coefficient (Wildman–Crippen LogP) is 7.88. The molecule has 0 N–H and O–H groups in total. The molecule has 0 heterocycles. The molecule has 0 saturated heterocycles. The normalized spacial score (nSPS) is 13.2. The van der Waals surface area contributed by atoms with Gasteiger partial charge < -0.3 is 9.16 Å². The molecule has 35 heavy (non-hydrogen) atoms. The Morgan fingerprint density at radius 2 is 1.03 bits per heavy atom. The van der Waals surface area contributed by atoms with Crippen LogP contribution in [-0.4, -0.2) is 32.9 Å². The van der Waals surface area contributed by atoms with Crippen molar-refractivity contribution in [1.82, 2.24) is 0 Å². The monoisotopic (exact) mass is 531 g/mol. The number of benzene rings is 3. The fourth-order valence-corrected chi connectivity index (χ4v) is 6.79. The third-order valence-electron chi connectivity index (χ3n) is 4.86. The van der Waals surface area contributed by atoms with Gasteiger partial charge in [-0.15, -0.1) is 0 Å². The largest absolute Gasteiger partial charge is 0.490 e. The zero-order valence-electron chi connectivity index (χ0n) is 19.3. The van der Waals surface area contributed by atoms with Crippen LogP contribution in [0.3, 0.4) is 0 Å². The zero-order valence-corrected chi connectivity index (χ0v) is 21.1. The summed E-state index contributed by atoms with van der Waals surface area (Å²) in [5, 5.41) is 0. The summed E-state index contributed by atoms with van der Waals surface area (Å²) in [6, 6.07) is 25.3. The molecule has 0 aliphatic carbocycles. The molecule has 3 rings (SSSR count). The second-order valence-corrected chi connectivity index (χ2v) is 15.2. The molecular formula is C25H25F6O2SSi+. The van der Waals surface area contributed by atoms with Gasteiger partial charge in [-0.3, -0.25) is 0 Å². The number of ether oxygens (including phenoxy) is 1. The molecule has 188 valence electrons. The summed E-state index contributed by atoms with van der Waals surface area (Å²) in [6.07, 6.45) is -11.4. The number of hydrogen-bond donors (Lipinski definition) is 0. The average Bonchev–Trinajstić information content (AvgIpc) is 2.77. The molecule has 0 atom stereocenters. The summed E-state index contributed by atoms with van der Waals surface area (Å²) in [7, 11) is -3.79. The molecule has 0 spiro atoms. The molecular weight excluding hydrogens is 506 g/mol. The van der Waals surface area contributed by atoms with E-state index in [0.717, 1.165) is 14.7 Å². The minimum Gasteiger partial charge on any atom is -0.490 e. The molecule has 2 nitrogen and oxygen atoms in total. The molecule has 3 aromatic rings. The Balaban J connectivity index is 1.91. The van der Waals surface area contributed by atoms with E-state index in [9.17, 15) is 26.3 Å². The summed E-state index contributed by atoms with van der Waals surface area (Å²) in [6.45, 7) is 2.07. The third-order valence-corrected chi connectivity index (χ3v) is 8.05. The third kappa shape index (κ3) is 6.42. The van der Waals surface area contributed by atoms with Gasteiger partial charge in [-0.05, 0) is 68.2 Å². The van der Waals surface area contributed by atoms with Crippen LogP contribution in [0.4, 0.5) is 26.3 Å². The molecule has 0 unspecified atom stereocenters. The van der Waals surface area contributed by atoms with Gasteiger partial charge in [0.1, 0.15) is 12.4 Å². The molecule has 0 bridgehead atoms. The Bertz CT molecular complexity index is 1030. The Morgan fingerprint density at radius 1 is 0.629 bits per heavy atom. The summed E-state index contributed by atoms with van der Waals surface area (Å²) < 4.78 is 92.3. The van der Waals surface area contributed by atoms with E-state index in [1.165, 1.54) is 31.8 Å². The van der Waals surface area contributed by atoms with Crippen molar-refractivity contribution in [2.45, 2.75) is 52.3 Å². The summed E-state index contributed by atoms with van der Waals surface area (Å²) in [5.41, 5.74) is -4.42. The van der Waals surface area contributed by atoms with Crippen LogP contribution in [0, 0.1) is 0 Å². The van der Waals surface area contributed by atoms with Gasteiger partial charge in [0.25, 0.3) is 5.60 Å². The molecule has 0 fully saturated rings. The quantitative estimate of drug-likeness (QED) is 0.167. The van der Waals surface area contributed by atoms with Gasteiger partial charge in [-0.25, -0.2) is 0 Å². The average molecular weight is 532 g/mol. The van der Waals surface area contributed by atoms with Gasteiger partial charge in [0, 0.05) is 0 Å². The first-order valence-electron chi connectivity index (χ1n) is 10.6. The van der Waals surface area contributed by atoms with E-state index in [1.54, 1.807) is 12.1 Å². The van der Waals surface area contributed by atoms with E-state index in [1.807, 2.05) is 60.7 Å². The molecule has 0 aromatic heterocycles. The molecule has 0 amide bonds. The van der Waals surface area contributed by atoms with Crippen molar-refractivity contribution in [1.29, 1.82) is 0 Å². The van der Waals surface area contributed by atoms with Crippen LogP contribution >= 0.6 is 0 Å². The van der Waals surface area contributed by atoms with Crippen LogP contribution in [0.2, 0.25) is 19.6 Å². The van der Waals surface area contributed by atoms with Crippen LogP contribution in [0.1, 0.15) is 0 Å². The highest BCUT2D eigenvalue weighted by molar-refractivity contribution is 7.97. The standard InChI is InChI=1S/C25H25F6O2SSi/c1-35(2,3)33-23(24(26,27)28,25(29,30)31)18-32-19-14-16-22(17-15-19)34(20-10-6-4-7-11-20)21-12-8-5-9-13-21/h4-17H,18H2,1-3H3/q+1. The van der Waals surface area contributed by atoms with E-state index < -0.39 is 43.8 Å². The molecule has 0 saturated carbocycles. The number of alkyl halides is 6. The lowest BCUT2D eigenvalue weighted by molar-refractivity contribution is -0.366. The van der Waals surface area contributed by atoms with E-state index in [4.69, 9.17) is 9.16 Å². The number of rotatable bonds is 8. The highest BCUT2D eigenvalue weighted by Gasteiger charge is 2.74. The van der Waals surface area contributed by atoms with Gasteiger partial charge in [0.15, 0.2) is 23.0 Å². The van der Waals surface area contributed by atoms with Crippen molar-refractivity contribution in [3.05, 3.63) is 84.9 Å². The number of hydrogen-bond acceptors (Lipinski definition) is 2. The van der Waals surface area contributed by atoms with Gasteiger partial charge in [0.2, 0.25) is 0 Å². The molecule has 3 aromatic carbocycles. The van der Waals surface area contributed by atoms with Crippen molar-refractivity contribution < 1.29 is 35.5 Å². The minimum absolute atomic E-state index is 0.115. The fraction of sp³-hybridized carbons (Fsp3) is 0.280. The lowest BCUT2D eigenvalue weighted by atomic mass is 10.0. The molecule has 0 aliphatic rings. The molecule has 10 heteroatoms. The van der Waals surface area contributed by atoms with Gasteiger partial charge in [0.05, 0.1) is 10.9 Å². The summed E-state index contributed by atoms with van der Waals surface area (Å²) >= 11 is 0. The van der Waals surface area contributed by atoms with E-state index >= 15 is 0 Å². The maximum Gasteiger partial charge on any atom is 0.428 e. The molecule has 0 aliphatic heterocycles. The highest BCUT2D eigenvalue weighted by Crippen LogP contribution is 2.47. The second kappa shape index (κ2) is 10.3. The topological polar surface area (TPSA) is 18.5 Å². The highest BCUT2D eigenvalue weighted by atomic mass is 32.2. The Labute approximate surface area is 204 Å². The lowest BCUT2D eigenvalue weighted by Gasteiger charge is -2.40. The second-order valence-electron chi connectivity index (χ2n) is 8.73. The van der Waals surface area contributed by atoms with Crippen molar-refractivity contribution in [2.24, 2.45) is 0 Å². The Hall–Kier alpha value is -2.43. The van der Waals surface area contributed by atoms with E-state index in [0.29, 0.717) is 0 Å². The van der Waals surface area contributed by atoms with Gasteiger partial charge in [-0.1, -0.05) is 36.4 Å². The van der Waals surface area contributed by atoms with Crippen LogP contribution in [0.5, 0.6) is 5.75 Å². The summed E-state index contributed by atoms with van der Waals surface area (Å²) in [4.78, 5) is 2.87. The maximum atomic E-state index is 13.7. The summed E-state index contributed by atoms with van der Waals surface area (Å²) in [5.74, 6) is -0.115. The van der Waals surface area contributed by atoms with Crippen LogP contribution in [0.15, 0.2) is 99.6 Å². The molecule has 0 radical (unpaired) electrons. The van der Waals surface area contributed by atoms with E-state index in [-0.39, 0.29) is 5.75 Å². The van der Waals surface area contributed by atoms with Crippen molar-refractivity contribution >= 4 is 19.2 Å².